The Bertz CT molecular complexity index is 619. The van der Waals surface area contributed by atoms with Crippen molar-refractivity contribution in [2.45, 2.75) is 45.7 Å². The fourth-order valence-electron chi connectivity index (χ4n) is 2.45. The lowest BCUT2D eigenvalue weighted by molar-refractivity contribution is -0.145. The standard InChI is InChI=1S/C18H25FN2O4/c1-11(2)8-16(18(24)25-4)21-17(23)15(20-12(3)22)10-13-6-5-7-14(19)9-13/h5-7,9,11,15-16H,8,10H2,1-4H3,(H,20,22)(H,21,23)/t15-,16-/m0/s1. The first-order chi connectivity index (χ1) is 11.7. The Balaban J connectivity index is 2.90. The Hall–Kier alpha value is -2.44. The fourth-order valence-corrected chi connectivity index (χ4v) is 2.45. The van der Waals surface area contributed by atoms with Gasteiger partial charge in [0.05, 0.1) is 7.11 Å². The number of methoxy groups -OCH3 is 1. The van der Waals surface area contributed by atoms with Crippen LogP contribution in [0.3, 0.4) is 0 Å². The molecule has 2 atom stereocenters. The van der Waals surface area contributed by atoms with Crippen molar-refractivity contribution < 1.29 is 23.5 Å². The topological polar surface area (TPSA) is 84.5 Å². The summed E-state index contributed by atoms with van der Waals surface area (Å²) in [6.45, 7) is 5.12. The molecule has 0 aromatic heterocycles. The number of carbonyl (C=O) groups excluding carboxylic acids is 3. The molecule has 1 aromatic rings. The molecule has 6 nitrogen and oxygen atoms in total. The Kier molecular flexibility index (Phi) is 8.04. The number of nitrogens with one attached hydrogen (secondary N) is 2. The van der Waals surface area contributed by atoms with Gasteiger partial charge in [-0.05, 0) is 30.0 Å². The predicted molar refractivity (Wildman–Crippen MR) is 91.1 cm³/mol. The van der Waals surface area contributed by atoms with Crippen molar-refractivity contribution in [1.82, 2.24) is 10.6 Å². The van der Waals surface area contributed by atoms with Crippen molar-refractivity contribution in [2.24, 2.45) is 5.92 Å². The predicted octanol–water partition coefficient (Wildman–Crippen LogP) is 1.58. The van der Waals surface area contributed by atoms with Gasteiger partial charge in [-0.2, -0.15) is 0 Å². The first-order valence-corrected chi connectivity index (χ1v) is 8.12. The highest BCUT2D eigenvalue weighted by atomic mass is 19.1. The van der Waals surface area contributed by atoms with Crippen molar-refractivity contribution in [3.8, 4) is 0 Å². The number of hydrogen-bond donors (Lipinski definition) is 2. The quantitative estimate of drug-likeness (QED) is 0.696. The molecule has 0 heterocycles. The molecule has 0 aliphatic carbocycles. The molecule has 0 saturated heterocycles. The number of halogens is 1. The summed E-state index contributed by atoms with van der Waals surface area (Å²) in [6, 6.07) is 4.07. The fraction of sp³-hybridized carbons (Fsp3) is 0.500. The minimum atomic E-state index is -0.918. The van der Waals surface area contributed by atoms with E-state index in [4.69, 9.17) is 4.74 Å². The monoisotopic (exact) mass is 352 g/mol. The van der Waals surface area contributed by atoms with Crippen LogP contribution < -0.4 is 10.6 Å². The Morgan fingerprint density at radius 2 is 1.84 bits per heavy atom. The molecule has 25 heavy (non-hydrogen) atoms. The summed E-state index contributed by atoms with van der Waals surface area (Å²) < 4.78 is 18.1. The van der Waals surface area contributed by atoms with Crippen LogP contribution >= 0.6 is 0 Å². The second-order valence-corrected chi connectivity index (χ2v) is 6.30. The number of carbonyl (C=O) groups is 3. The van der Waals surface area contributed by atoms with Crippen molar-refractivity contribution in [3.63, 3.8) is 0 Å². The summed E-state index contributed by atoms with van der Waals surface area (Å²) in [5, 5.41) is 5.16. The number of benzene rings is 1. The van der Waals surface area contributed by atoms with Gasteiger partial charge in [0.1, 0.15) is 17.9 Å². The smallest absolute Gasteiger partial charge is 0.328 e. The molecular weight excluding hydrogens is 327 g/mol. The van der Waals surface area contributed by atoms with Gasteiger partial charge < -0.3 is 15.4 Å². The van der Waals surface area contributed by atoms with Crippen LogP contribution in [0.2, 0.25) is 0 Å². The van der Waals surface area contributed by atoms with Crippen LogP contribution in [0.25, 0.3) is 0 Å². The molecule has 7 heteroatoms. The number of ether oxygens (including phenoxy) is 1. The Labute approximate surface area is 147 Å². The van der Waals surface area contributed by atoms with Crippen LogP contribution in [0.5, 0.6) is 0 Å². The number of esters is 1. The van der Waals surface area contributed by atoms with Gasteiger partial charge in [0.25, 0.3) is 0 Å². The van der Waals surface area contributed by atoms with E-state index >= 15 is 0 Å². The van der Waals surface area contributed by atoms with E-state index in [2.05, 4.69) is 10.6 Å². The molecule has 0 radical (unpaired) electrons. The normalized spacial score (nSPS) is 13.0. The SMILES string of the molecule is COC(=O)[C@H](CC(C)C)NC(=O)[C@H](Cc1cccc(F)c1)NC(C)=O. The van der Waals surface area contributed by atoms with Gasteiger partial charge in [0.2, 0.25) is 11.8 Å². The van der Waals surface area contributed by atoms with Crippen molar-refractivity contribution in [3.05, 3.63) is 35.6 Å². The molecule has 1 rings (SSSR count). The zero-order valence-corrected chi connectivity index (χ0v) is 15.0. The highest BCUT2D eigenvalue weighted by Gasteiger charge is 2.27. The number of rotatable bonds is 8. The molecule has 2 amide bonds. The van der Waals surface area contributed by atoms with Gasteiger partial charge in [0, 0.05) is 13.3 Å². The van der Waals surface area contributed by atoms with Gasteiger partial charge >= 0.3 is 5.97 Å². The van der Waals surface area contributed by atoms with Crippen LogP contribution in [0.1, 0.15) is 32.8 Å². The molecular formula is C18H25FN2O4. The maximum Gasteiger partial charge on any atom is 0.328 e. The largest absolute Gasteiger partial charge is 0.467 e. The zero-order chi connectivity index (χ0) is 19.0. The minimum absolute atomic E-state index is 0.110. The first-order valence-electron chi connectivity index (χ1n) is 8.12. The van der Waals surface area contributed by atoms with Gasteiger partial charge in [0.15, 0.2) is 0 Å². The summed E-state index contributed by atoms with van der Waals surface area (Å²) in [6.07, 6.45) is 0.518. The van der Waals surface area contributed by atoms with Crippen LogP contribution in [0.4, 0.5) is 4.39 Å². The van der Waals surface area contributed by atoms with E-state index in [-0.39, 0.29) is 12.3 Å². The highest BCUT2D eigenvalue weighted by molar-refractivity contribution is 5.90. The Morgan fingerprint density at radius 1 is 1.16 bits per heavy atom. The van der Waals surface area contributed by atoms with E-state index in [1.165, 1.54) is 32.2 Å². The van der Waals surface area contributed by atoms with Gasteiger partial charge in [-0.15, -0.1) is 0 Å². The third kappa shape index (κ3) is 7.32. The third-order valence-corrected chi connectivity index (χ3v) is 3.53. The van der Waals surface area contributed by atoms with Crippen molar-refractivity contribution in [1.29, 1.82) is 0 Å². The van der Waals surface area contributed by atoms with Crippen molar-refractivity contribution in [2.75, 3.05) is 7.11 Å². The lowest BCUT2D eigenvalue weighted by atomic mass is 10.0. The Morgan fingerprint density at radius 3 is 2.36 bits per heavy atom. The maximum absolute atomic E-state index is 13.3. The molecule has 138 valence electrons. The minimum Gasteiger partial charge on any atom is -0.467 e. The lowest BCUT2D eigenvalue weighted by Crippen LogP contribution is -2.52. The molecule has 0 fully saturated rings. The van der Waals surface area contributed by atoms with Crippen LogP contribution in [-0.4, -0.2) is 37.0 Å². The van der Waals surface area contributed by atoms with Crippen LogP contribution in [-0.2, 0) is 25.5 Å². The molecule has 0 bridgehead atoms. The summed E-state index contributed by atoms with van der Waals surface area (Å²) in [5.74, 6) is -1.72. The highest BCUT2D eigenvalue weighted by Crippen LogP contribution is 2.10. The molecule has 0 aliphatic heterocycles. The van der Waals surface area contributed by atoms with E-state index in [1.54, 1.807) is 6.07 Å². The summed E-state index contributed by atoms with van der Waals surface area (Å²) in [5.41, 5.74) is 0.562. The number of hydrogen-bond acceptors (Lipinski definition) is 4. The number of amides is 2. The van der Waals surface area contributed by atoms with Crippen LogP contribution in [0, 0.1) is 11.7 Å². The van der Waals surface area contributed by atoms with Gasteiger partial charge in [-0.1, -0.05) is 26.0 Å². The summed E-state index contributed by atoms with van der Waals surface area (Å²) >= 11 is 0. The molecule has 0 saturated carbocycles. The summed E-state index contributed by atoms with van der Waals surface area (Å²) in [4.78, 5) is 35.8. The van der Waals surface area contributed by atoms with E-state index in [0.717, 1.165) is 0 Å². The molecule has 0 spiro atoms. The average molecular weight is 352 g/mol. The summed E-state index contributed by atoms with van der Waals surface area (Å²) in [7, 11) is 1.25. The van der Waals surface area contributed by atoms with E-state index in [9.17, 15) is 18.8 Å². The van der Waals surface area contributed by atoms with E-state index < -0.39 is 35.7 Å². The van der Waals surface area contributed by atoms with Gasteiger partial charge in [-0.25, -0.2) is 9.18 Å². The van der Waals surface area contributed by atoms with E-state index in [1.807, 2.05) is 13.8 Å². The second-order valence-electron chi connectivity index (χ2n) is 6.30. The zero-order valence-electron chi connectivity index (χ0n) is 15.0. The van der Waals surface area contributed by atoms with Crippen LogP contribution in [0.15, 0.2) is 24.3 Å². The first kappa shape index (κ1) is 20.6. The molecule has 0 aliphatic rings. The maximum atomic E-state index is 13.3. The second kappa shape index (κ2) is 9.76. The average Bonchev–Trinajstić information content (AvgIpc) is 2.52. The lowest BCUT2D eigenvalue weighted by Gasteiger charge is -2.23. The third-order valence-electron chi connectivity index (χ3n) is 3.53. The van der Waals surface area contributed by atoms with E-state index in [0.29, 0.717) is 12.0 Å². The molecule has 1 aromatic carbocycles. The van der Waals surface area contributed by atoms with Gasteiger partial charge in [-0.3, -0.25) is 9.59 Å². The molecule has 2 N–H and O–H groups in total. The molecule has 0 unspecified atom stereocenters. The van der Waals surface area contributed by atoms with Crippen molar-refractivity contribution >= 4 is 17.8 Å².